The van der Waals surface area contributed by atoms with Crippen LogP contribution in [0.4, 0.5) is 5.69 Å². The van der Waals surface area contributed by atoms with Crippen molar-refractivity contribution in [3.63, 3.8) is 0 Å². The van der Waals surface area contributed by atoms with Crippen LogP contribution < -0.4 is 0 Å². The molecule has 0 amide bonds. The zero-order valence-corrected chi connectivity index (χ0v) is 16.9. The number of carbonyl (C=O) groups excluding carboxylic acids is 1. The van der Waals surface area contributed by atoms with Crippen molar-refractivity contribution in [2.45, 2.75) is 19.4 Å². The van der Waals surface area contributed by atoms with Crippen LogP contribution in [0.15, 0.2) is 22.6 Å². The Hall–Kier alpha value is -3.22. The van der Waals surface area contributed by atoms with E-state index in [2.05, 4.69) is 30.0 Å². The Morgan fingerprint density at radius 1 is 1.19 bits per heavy atom. The van der Waals surface area contributed by atoms with Crippen molar-refractivity contribution in [2.75, 3.05) is 39.3 Å². The van der Waals surface area contributed by atoms with Crippen molar-refractivity contribution in [1.29, 1.82) is 0 Å². The van der Waals surface area contributed by atoms with Gasteiger partial charge in [-0.2, -0.15) is 0 Å². The van der Waals surface area contributed by atoms with Gasteiger partial charge in [0.15, 0.2) is 11.6 Å². The highest BCUT2D eigenvalue weighted by Crippen LogP contribution is 2.19. The number of ketones is 1. The summed E-state index contributed by atoms with van der Waals surface area (Å²) in [6.45, 7) is 4.90. The molecule has 1 aliphatic heterocycles. The van der Waals surface area contributed by atoms with E-state index in [1.807, 2.05) is 0 Å². The molecule has 1 aromatic carbocycles. The molecule has 3 aromatic rings. The maximum absolute atomic E-state index is 12.5. The van der Waals surface area contributed by atoms with Gasteiger partial charge in [-0.05, 0) is 6.07 Å². The lowest BCUT2D eigenvalue weighted by atomic mass is 10.2. The second-order valence-electron chi connectivity index (χ2n) is 7.40. The summed E-state index contributed by atoms with van der Waals surface area (Å²) in [6.07, 6.45) is 0.413. The van der Waals surface area contributed by atoms with Gasteiger partial charge in [-0.1, -0.05) is 0 Å². The number of piperazine rings is 1. The van der Waals surface area contributed by atoms with Crippen LogP contribution in [0.5, 0.6) is 0 Å². The van der Waals surface area contributed by atoms with Crippen LogP contribution in [0, 0.1) is 10.1 Å². The van der Waals surface area contributed by atoms with Crippen LogP contribution in [0.3, 0.4) is 0 Å². The van der Waals surface area contributed by atoms with Crippen LogP contribution in [0.25, 0.3) is 11.0 Å². The molecule has 4 rings (SSSR count). The number of β-amino-alcohol motifs (C(OH)–C–C–N with tert-alkyl or cyclic N) is 1. The molecule has 31 heavy (non-hydrogen) atoms. The smallest absolute Gasteiger partial charge is 0.271 e. The zero-order valence-electron chi connectivity index (χ0n) is 16.9. The third-order valence-electron chi connectivity index (χ3n) is 5.26. The maximum atomic E-state index is 12.5. The summed E-state index contributed by atoms with van der Waals surface area (Å²) in [5, 5.41) is 28.0. The average Bonchev–Trinajstić information content (AvgIpc) is 3.39. The first-order chi connectivity index (χ1) is 15.0. The summed E-state index contributed by atoms with van der Waals surface area (Å²) in [5.41, 5.74) is 0.869. The van der Waals surface area contributed by atoms with Crippen LogP contribution >= 0.6 is 0 Å². The number of imidazole rings is 1. The number of benzene rings is 1. The van der Waals surface area contributed by atoms with E-state index >= 15 is 0 Å². The monoisotopic (exact) mass is 429 g/mol. The first kappa shape index (κ1) is 21.0. The van der Waals surface area contributed by atoms with Crippen molar-refractivity contribution < 1.29 is 19.2 Å². The minimum Gasteiger partial charge on any atom is -0.424 e. The summed E-state index contributed by atoms with van der Waals surface area (Å²) in [4.78, 5) is 34.3. The highest BCUT2D eigenvalue weighted by atomic mass is 16.6. The van der Waals surface area contributed by atoms with Crippen molar-refractivity contribution in [3.05, 3.63) is 45.9 Å². The Bertz CT molecular complexity index is 1070. The highest BCUT2D eigenvalue weighted by molar-refractivity contribution is 5.96. The number of H-pyrrole nitrogens is 1. The van der Waals surface area contributed by atoms with Crippen LogP contribution in [0.2, 0.25) is 0 Å². The molecule has 12 nitrogen and oxygen atoms in total. The second-order valence-corrected chi connectivity index (χ2v) is 7.40. The number of hydrogen-bond acceptors (Lipinski definition) is 10. The van der Waals surface area contributed by atoms with Gasteiger partial charge in [0.05, 0.1) is 29.1 Å². The Kier molecular flexibility index (Phi) is 6.30. The molecule has 1 fully saturated rings. The number of hydrogen-bond donors (Lipinski definition) is 2. The van der Waals surface area contributed by atoms with E-state index in [0.717, 1.165) is 26.2 Å². The van der Waals surface area contributed by atoms with Crippen LogP contribution in [0.1, 0.15) is 28.8 Å². The maximum Gasteiger partial charge on any atom is 0.271 e. The first-order valence-electron chi connectivity index (χ1n) is 10.1. The molecular formula is C19H23N7O5. The van der Waals surface area contributed by atoms with Gasteiger partial charge in [0.1, 0.15) is 0 Å². The standard InChI is InChI=1S/C19H23N7O5/c27-10-9-24-5-7-25(8-6-24)12-18-23-22-17(31-18)4-3-16(28)19-20-14-2-1-13(26(29)30)11-15(14)21-19/h1-2,11,27H,3-10,12H2,(H,20,21). The van der Waals surface area contributed by atoms with Crippen LogP contribution in [-0.2, 0) is 13.0 Å². The molecule has 0 unspecified atom stereocenters. The molecule has 2 N–H and O–H groups in total. The molecule has 0 saturated carbocycles. The highest BCUT2D eigenvalue weighted by Gasteiger charge is 2.19. The van der Waals surface area contributed by atoms with E-state index in [1.165, 1.54) is 18.2 Å². The molecule has 3 heterocycles. The number of aromatic amines is 1. The minimum absolute atomic E-state index is 0.0663. The minimum atomic E-state index is -0.496. The van der Waals surface area contributed by atoms with Gasteiger partial charge in [-0.25, -0.2) is 4.98 Å². The van der Waals surface area contributed by atoms with Crippen molar-refractivity contribution in [3.8, 4) is 0 Å². The summed E-state index contributed by atoms with van der Waals surface area (Å²) in [7, 11) is 0. The third kappa shape index (κ3) is 5.10. The predicted octanol–water partition coefficient (Wildman–Crippen LogP) is 0.780. The molecule has 0 spiro atoms. The zero-order chi connectivity index (χ0) is 21.8. The number of Topliss-reactive ketones (excluding diaryl/α,β-unsaturated/α-hetero) is 1. The largest absolute Gasteiger partial charge is 0.424 e. The van der Waals surface area contributed by atoms with Crippen molar-refractivity contribution in [1.82, 2.24) is 30.0 Å². The molecule has 2 aromatic heterocycles. The third-order valence-corrected chi connectivity index (χ3v) is 5.26. The van der Waals surface area contributed by atoms with Gasteiger partial charge in [-0.15, -0.1) is 10.2 Å². The van der Waals surface area contributed by atoms with E-state index < -0.39 is 4.92 Å². The topological polar surface area (TPSA) is 155 Å². The second kappa shape index (κ2) is 9.29. The lowest BCUT2D eigenvalue weighted by Gasteiger charge is -2.33. The number of non-ortho nitro benzene ring substituents is 1. The number of aliphatic hydroxyl groups is 1. The predicted molar refractivity (Wildman–Crippen MR) is 109 cm³/mol. The molecule has 0 bridgehead atoms. The summed E-state index contributed by atoms with van der Waals surface area (Å²) < 4.78 is 5.67. The number of nitro benzene ring substituents is 1. The van der Waals surface area contributed by atoms with Gasteiger partial charge in [0.25, 0.3) is 5.69 Å². The fraction of sp³-hybridized carbons (Fsp3) is 0.474. The Morgan fingerprint density at radius 2 is 1.94 bits per heavy atom. The molecule has 0 radical (unpaired) electrons. The summed E-state index contributed by atoms with van der Waals surface area (Å²) >= 11 is 0. The Balaban J connectivity index is 1.30. The van der Waals surface area contributed by atoms with E-state index in [0.29, 0.717) is 35.9 Å². The number of rotatable bonds is 9. The lowest BCUT2D eigenvalue weighted by molar-refractivity contribution is -0.384. The number of nitrogens with one attached hydrogen (secondary N) is 1. The summed E-state index contributed by atoms with van der Waals surface area (Å²) in [5.74, 6) is 0.803. The summed E-state index contributed by atoms with van der Waals surface area (Å²) in [6, 6.07) is 4.21. The molecule has 12 heteroatoms. The Labute approximate surface area is 177 Å². The number of aliphatic hydroxyl groups excluding tert-OH is 1. The van der Waals surface area contributed by atoms with E-state index in [-0.39, 0.29) is 36.7 Å². The van der Waals surface area contributed by atoms with Crippen molar-refractivity contribution >= 4 is 22.5 Å². The van der Waals surface area contributed by atoms with E-state index in [9.17, 15) is 14.9 Å². The van der Waals surface area contributed by atoms with Gasteiger partial charge < -0.3 is 14.5 Å². The number of aromatic nitrogens is 4. The van der Waals surface area contributed by atoms with Crippen molar-refractivity contribution in [2.24, 2.45) is 0 Å². The number of aryl methyl sites for hydroxylation is 1. The SMILES string of the molecule is O=C(CCc1nnc(CN2CCN(CCO)CC2)o1)c1nc2ccc([N+](=O)[O-])cc2[nH]1. The normalized spacial score (nSPS) is 15.5. The van der Waals surface area contributed by atoms with Gasteiger partial charge >= 0.3 is 0 Å². The van der Waals surface area contributed by atoms with Crippen LogP contribution in [-0.4, -0.2) is 85.1 Å². The quantitative estimate of drug-likeness (QED) is 0.283. The number of fused-ring (bicyclic) bond motifs is 1. The van der Waals surface area contributed by atoms with Gasteiger partial charge in [-0.3, -0.25) is 24.7 Å². The first-order valence-corrected chi connectivity index (χ1v) is 10.1. The molecule has 1 aliphatic rings. The number of carbonyl (C=O) groups is 1. The van der Waals surface area contributed by atoms with E-state index in [1.54, 1.807) is 0 Å². The molecule has 0 aliphatic carbocycles. The molecule has 1 saturated heterocycles. The fourth-order valence-corrected chi connectivity index (χ4v) is 3.54. The molecule has 164 valence electrons. The molecule has 0 atom stereocenters. The van der Waals surface area contributed by atoms with Gasteiger partial charge in [0.2, 0.25) is 11.8 Å². The number of nitro groups is 1. The number of nitrogens with zero attached hydrogens (tertiary/aromatic N) is 6. The fourth-order valence-electron chi connectivity index (χ4n) is 3.54. The molecular weight excluding hydrogens is 406 g/mol. The lowest BCUT2D eigenvalue weighted by Crippen LogP contribution is -2.46. The average molecular weight is 429 g/mol. The van der Waals surface area contributed by atoms with Gasteiger partial charge in [0, 0.05) is 57.7 Å². The van der Waals surface area contributed by atoms with E-state index in [4.69, 9.17) is 9.52 Å². The Morgan fingerprint density at radius 3 is 2.68 bits per heavy atom.